The van der Waals surface area contributed by atoms with E-state index in [0.29, 0.717) is 28.8 Å². The zero-order valence-corrected chi connectivity index (χ0v) is 22.6. The van der Waals surface area contributed by atoms with Gasteiger partial charge in [0, 0.05) is 17.2 Å². The number of aromatic nitrogens is 1. The number of hydrogen-bond acceptors (Lipinski definition) is 5. The van der Waals surface area contributed by atoms with Gasteiger partial charge >= 0.3 is 12.4 Å². The van der Waals surface area contributed by atoms with E-state index >= 15 is 0 Å². The monoisotopic (exact) mass is 630 g/mol. The van der Waals surface area contributed by atoms with E-state index in [-0.39, 0.29) is 23.1 Å². The molecule has 15 heteroatoms. The first-order chi connectivity index (χ1) is 20.0. The van der Waals surface area contributed by atoms with Crippen LogP contribution in [-0.2, 0) is 28.7 Å². The average Bonchev–Trinajstić information content (AvgIpc) is 3.39. The standard InChI is InChI=1S/C28H18F8N2O4S/c1-2-5-43(40,41)20-7-16(6-18(9-20)27(31,32)33)17-8-25(42-14-17)24-11-22(28(34,35)36)21(12-37)26(39)38(24)13-15-3-4-19(29)10-23(15)30/h3-4,6-11,14H,2,5,13H2,1H3. The molecule has 0 aliphatic rings. The quantitative estimate of drug-likeness (QED) is 0.202. The number of rotatable bonds is 7. The summed E-state index contributed by atoms with van der Waals surface area (Å²) in [6.07, 6.45) is -9.23. The van der Waals surface area contributed by atoms with E-state index in [1.54, 1.807) is 0 Å². The summed E-state index contributed by atoms with van der Waals surface area (Å²) in [5.41, 5.74) is -7.29. The van der Waals surface area contributed by atoms with Crippen LogP contribution in [0.3, 0.4) is 0 Å². The Hall–Kier alpha value is -4.45. The van der Waals surface area contributed by atoms with Gasteiger partial charge in [0.15, 0.2) is 15.6 Å². The van der Waals surface area contributed by atoms with E-state index in [4.69, 9.17) is 4.42 Å². The highest BCUT2D eigenvalue weighted by Crippen LogP contribution is 2.38. The number of hydrogen-bond donors (Lipinski definition) is 0. The molecule has 4 rings (SSSR count). The lowest BCUT2D eigenvalue weighted by Crippen LogP contribution is -2.29. The van der Waals surface area contributed by atoms with Gasteiger partial charge in [-0.1, -0.05) is 13.0 Å². The summed E-state index contributed by atoms with van der Waals surface area (Å²) in [5.74, 6) is -3.10. The molecule has 2 aromatic heterocycles. The molecule has 0 N–H and O–H groups in total. The van der Waals surface area contributed by atoms with Crippen LogP contribution in [0, 0.1) is 23.0 Å². The molecule has 0 radical (unpaired) electrons. The highest BCUT2D eigenvalue weighted by Gasteiger charge is 2.37. The fourth-order valence-corrected chi connectivity index (χ4v) is 5.66. The number of nitrogens with zero attached hydrogens (tertiary/aromatic N) is 2. The Morgan fingerprint density at radius 3 is 2.21 bits per heavy atom. The predicted octanol–water partition coefficient (Wildman–Crippen LogP) is 7.19. The maximum atomic E-state index is 14.4. The van der Waals surface area contributed by atoms with Crippen LogP contribution in [0.25, 0.3) is 22.6 Å². The van der Waals surface area contributed by atoms with Crippen molar-refractivity contribution in [2.24, 2.45) is 0 Å². The van der Waals surface area contributed by atoms with Crippen LogP contribution in [0.4, 0.5) is 35.1 Å². The lowest BCUT2D eigenvalue weighted by molar-refractivity contribution is -0.138. The maximum absolute atomic E-state index is 14.4. The van der Waals surface area contributed by atoms with Crippen LogP contribution >= 0.6 is 0 Å². The Balaban J connectivity index is 1.96. The smallest absolute Gasteiger partial charge is 0.417 e. The second kappa shape index (κ2) is 11.3. The molecule has 43 heavy (non-hydrogen) atoms. The number of benzene rings is 2. The molecule has 0 amide bonds. The van der Waals surface area contributed by atoms with E-state index < -0.39 is 84.7 Å². The van der Waals surface area contributed by atoms with Gasteiger partial charge in [-0.15, -0.1) is 0 Å². The van der Waals surface area contributed by atoms with Crippen molar-refractivity contribution in [2.45, 2.75) is 37.1 Å². The van der Waals surface area contributed by atoms with Gasteiger partial charge in [-0.05, 0) is 48.4 Å². The molecule has 0 aliphatic heterocycles. The minimum Gasteiger partial charge on any atom is -0.462 e. The van der Waals surface area contributed by atoms with Gasteiger partial charge in [-0.25, -0.2) is 17.2 Å². The van der Waals surface area contributed by atoms with Crippen molar-refractivity contribution >= 4 is 9.84 Å². The largest absolute Gasteiger partial charge is 0.462 e. The van der Waals surface area contributed by atoms with Crippen molar-refractivity contribution in [3.05, 3.63) is 99.0 Å². The summed E-state index contributed by atoms with van der Waals surface area (Å²) in [6.45, 7) is 0.727. The molecule has 0 bridgehead atoms. The van der Waals surface area contributed by atoms with Crippen LogP contribution in [-0.4, -0.2) is 18.7 Å². The number of furan rings is 1. The second-order valence-electron chi connectivity index (χ2n) is 9.32. The summed E-state index contributed by atoms with van der Waals surface area (Å²) in [6, 6.07) is 6.77. The van der Waals surface area contributed by atoms with Crippen molar-refractivity contribution in [3.8, 4) is 28.7 Å². The van der Waals surface area contributed by atoms with E-state index in [0.717, 1.165) is 30.5 Å². The van der Waals surface area contributed by atoms with Crippen molar-refractivity contribution in [3.63, 3.8) is 0 Å². The second-order valence-corrected chi connectivity index (χ2v) is 11.4. The van der Waals surface area contributed by atoms with E-state index in [9.17, 15) is 53.6 Å². The molecular formula is C28H18F8N2O4S. The molecule has 0 unspecified atom stereocenters. The molecule has 2 aromatic carbocycles. The molecule has 0 fully saturated rings. The fourth-order valence-electron chi connectivity index (χ4n) is 4.28. The topological polar surface area (TPSA) is 93.1 Å². The third-order valence-electron chi connectivity index (χ3n) is 6.31. The van der Waals surface area contributed by atoms with Gasteiger partial charge < -0.3 is 4.42 Å². The molecule has 0 aliphatic carbocycles. The number of pyridine rings is 1. The van der Waals surface area contributed by atoms with Crippen molar-refractivity contribution < 1.29 is 48.0 Å². The lowest BCUT2D eigenvalue weighted by Gasteiger charge is -2.16. The SMILES string of the molecule is CCCS(=O)(=O)c1cc(-c2coc(-c3cc(C(F)(F)F)c(C#N)c(=O)n3Cc3ccc(F)cc3F)c2)cc(C(F)(F)F)c1. The van der Waals surface area contributed by atoms with E-state index in [2.05, 4.69) is 0 Å². The van der Waals surface area contributed by atoms with Crippen LogP contribution in [0.1, 0.15) is 35.6 Å². The van der Waals surface area contributed by atoms with Crippen LogP contribution in [0.5, 0.6) is 0 Å². The van der Waals surface area contributed by atoms with Gasteiger partial charge in [-0.3, -0.25) is 9.36 Å². The predicted molar refractivity (Wildman–Crippen MR) is 136 cm³/mol. The van der Waals surface area contributed by atoms with E-state index in [1.807, 2.05) is 0 Å². The highest BCUT2D eigenvalue weighted by molar-refractivity contribution is 7.91. The van der Waals surface area contributed by atoms with Crippen molar-refractivity contribution in [2.75, 3.05) is 5.75 Å². The molecule has 0 saturated carbocycles. The molecule has 0 saturated heterocycles. The summed E-state index contributed by atoms with van der Waals surface area (Å²) < 4.78 is 141. The molecule has 6 nitrogen and oxygen atoms in total. The Morgan fingerprint density at radius 2 is 1.63 bits per heavy atom. The third kappa shape index (κ3) is 6.48. The maximum Gasteiger partial charge on any atom is 0.417 e. The molecule has 0 spiro atoms. The van der Waals surface area contributed by atoms with Crippen LogP contribution < -0.4 is 5.56 Å². The lowest BCUT2D eigenvalue weighted by atomic mass is 10.0. The molecule has 4 aromatic rings. The molecule has 2 heterocycles. The zero-order valence-electron chi connectivity index (χ0n) is 21.8. The van der Waals surface area contributed by atoms with Crippen molar-refractivity contribution in [1.29, 1.82) is 5.26 Å². The third-order valence-corrected chi connectivity index (χ3v) is 8.21. The summed E-state index contributed by atoms with van der Waals surface area (Å²) in [7, 11) is -4.15. The minimum atomic E-state index is -5.21. The van der Waals surface area contributed by atoms with Crippen molar-refractivity contribution in [1.82, 2.24) is 4.57 Å². The Morgan fingerprint density at radius 1 is 0.930 bits per heavy atom. The van der Waals surface area contributed by atoms with Crippen LogP contribution in [0.15, 0.2) is 68.9 Å². The summed E-state index contributed by atoms with van der Waals surface area (Å²) >= 11 is 0. The van der Waals surface area contributed by atoms with Gasteiger partial charge in [0.2, 0.25) is 0 Å². The first kappa shape index (κ1) is 31.5. The normalized spacial score (nSPS) is 12.4. The summed E-state index contributed by atoms with van der Waals surface area (Å²) in [4.78, 5) is 12.5. The van der Waals surface area contributed by atoms with Gasteiger partial charge in [0.25, 0.3) is 5.56 Å². The van der Waals surface area contributed by atoms with Gasteiger partial charge in [0.1, 0.15) is 23.3 Å². The Labute approximate surface area is 238 Å². The first-order valence-electron chi connectivity index (χ1n) is 12.2. The number of sulfone groups is 1. The summed E-state index contributed by atoms with van der Waals surface area (Å²) in [5, 5.41) is 9.33. The molecular weight excluding hydrogens is 612 g/mol. The molecule has 0 atom stereocenters. The number of alkyl halides is 6. The minimum absolute atomic E-state index is 0.107. The van der Waals surface area contributed by atoms with Gasteiger partial charge in [-0.2, -0.15) is 31.6 Å². The Bertz CT molecular complexity index is 1920. The highest BCUT2D eigenvalue weighted by atomic mass is 32.2. The zero-order chi connectivity index (χ0) is 31.9. The van der Waals surface area contributed by atoms with E-state index in [1.165, 1.54) is 13.0 Å². The van der Waals surface area contributed by atoms with Gasteiger partial charge in [0.05, 0.1) is 40.3 Å². The first-order valence-corrected chi connectivity index (χ1v) is 13.8. The number of nitriles is 1. The molecule has 226 valence electrons. The average molecular weight is 631 g/mol. The number of halogens is 8. The fraction of sp³-hybridized carbons (Fsp3) is 0.214. The van der Waals surface area contributed by atoms with Crippen LogP contribution in [0.2, 0.25) is 0 Å². The Kier molecular flexibility index (Phi) is 8.29.